The number of nitrogens with zero attached hydrogens (tertiary/aromatic N) is 1. The van der Waals surface area contributed by atoms with Crippen LogP contribution in [0.2, 0.25) is 0 Å². The molecule has 0 aromatic heterocycles. The van der Waals surface area contributed by atoms with Gasteiger partial charge in [-0.25, -0.2) is 0 Å². The molecule has 0 aliphatic heterocycles. The Labute approximate surface area is 71.2 Å². The summed E-state index contributed by atoms with van der Waals surface area (Å²) < 4.78 is 4.93. The lowest BCUT2D eigenvalue weighted by Crippen LogP contribution is -2.47. The maximum absolute atomic E-state index is 10.9. The summed E-state index contributed by atoms with van der Waals surface area (Å²) in [5, 5.41) is 0.861. The molecule has 5 heteroatoms. The highest BCUT2D eigenvalue weighted by Gasteiger charge is 2.30. The third-order valence-electron chi connectivity index (χ3n) is 1.42. The van der Waals surface area contributed by atoms with Crippen molar-refractivity contribution in [1.29, 1.82) is 0 Å². The summed E-state index contributed by atoms with van der Waals surface area (Å²) in [7, 11) is 1.42. The minimum Gasteiger partial charge on any atom is -0.356 e. The molecule has 5 nitrogen and oxygen atoms in total. The number of rotatable bonds is 4. The standard InChI is InChI=1S/C7H13NO4/c1-6(10)8(12-5-9)7(2,3)11-4/h5H,1-4H3. The summed E-state index contributed by atoms with van der Waals surface area (Å²) in [5.74, 6) is -0.394. The lowest BCUT2D eigenvalue weighted by Gasteiger charge is -2.32. The molecule has 0 atom stereocenters. The predicted octanol–water partition coefficient (Wildman–Crippen LogP) is 0.305. The van der Waals surface area contributed by atoms with E-state index in [0.29, 0.717) is 0 Å². The van der Waals surface area contributed by atoms with Gasteiger partial charge in [0.05, 0.1) is 0 Å². The van der Waals surface area contributed by atoms with E-state index in [1.54, 1.807) is 13.8 Å². The summed E-state index contributed by atoms with van der Waals surface area (Å²) in [5.41, 5.74) is -0.938. The lowest BCUT2D eigenvalue weighted by atomic mass is 10.3. The van der Waals surface area contributed by atoms with Gasteiger partial charge in [-0.1, -0.05) is 0 Å². The van der Waals surface area contributed by atoms with E-state index in [1.807, 2.05) is 0 Å². The van der Waals surface area contributed by atoms with E-state index in [1.165, 1.54) is 14.0 Å². The number of carbonyl (C=O) groups is 2. The summed E-state index contributed by atoms with van der Waals surface area (Å²) >= 11 is 0. The van der Waals surface area contributed by atoms with Gasteiger partial charge in [-0.15, -0.1) is 5.06 Å². The molecule has 0 bridgehead atoms. The Morgan fingerprint density at radius 2 is 2.00 bits per heavy atom. The molecule has 0 saturated carbocycles. The zero-order valence-electron chi connectivity index (χ0n) is 7.66. The van der Waals surface area contributed by atoms with Gasteiger partial charge < -0.3 is 9.57 Å². The number of hydrogen-bond acceptors (Lipinski definition) is 4. The highest BCUT2D eigenvalue weighted by atomic mass is 16.7. The van der Waals surface area contributed by atoms with E-state index in [-0.39, 0.29) is 6.47 Å². The van der Waals surface area contributed by atoms with Gasteiger partial charge >= 0.3 is 6.47 Å². The molecule has 0 saturated heterocycles. The van der Waals surface area contributed by atoms with Crippen LogP contribution in [0.4, 0.5) is 0 Å². The molecule has 0 aliphatic rings. The quantitative estimate of drug-likeness (QED) is 0.350. The van der Waals surface area contributed by atoms with Crippen molar-refractivity contribution in [3.05, 3.63) is 0 Å². The van der Waals surface area contributed by atoms with E-state index in [0.717, 1.165) is 5.06 Å². The second-order valence-electron chi connectivity index (χ2n) is 2.67. The zero-order valence-corrected chi connectivity index (χ0v) is 7.66. The highest BCUT2D eigenvalue weighted by Crippen LogP contribution is 2.14. The van der Waals surface area contributed by atoms with Crippen LogP contribution in [0.25, 0.3) is 0 Å². The smallest absolute Gasteiger partial charge is 0.321 e. The fourth-order valence-electron chi connectivity index (χ4n) is 0.706. The first kappa shape index (κ1) is 10.9. The van der Waals surface area contributed by atoms with Crippen LogP contribution in [-0.4, -0.2) is 30.3 Å². The maximum atomic E-state index is 10.9. The normalized spacial score (nSPS) is 10.7. The Balaban J connectivity index is 4.48. The van der Waals surface area contributed by atoms with Crippen molar-refractivity contribution < 1.29 is 19.2 Å². The van der Waals surface area contributed by atoms with E-state index in [2.05, 4.69) is 4.84 Å². The van der Waals surface area contributed by atoms with Crippen molar-refractivity contribution in [2.24, 2.45) is 0 Å². The molecule has 0 aliphatic carbocycles. The molecule has 1 amide bonds. The third kappa shape index (κ3) is 2.50. The third-order valence-corrected chi connectivity index (χ3v) is 1.42. The van der Waals surface area contributed by atoms with Crippen molar-refractivity contribution in [3.8, 4) is 0 Å². The lowest BCUT2D eigenvalue weighted by molar-refractivity contribution is -0.254. The summed E-state index contributed by atoms with van der Waals surface area (Å²) in [6.45, 7) is 4.68. The van der Waals surface area contributed by atoms with E-state index in [9.17, 15) is 9.59 Å². The maximum Gasteiger partial charge on any atom is 0.321 e. The fraction of sp³-hybridized carbons (Fsp3) is 0.714. The second-order valence-corrected chi connectivity index (χ2v) is 2.67. The largest absolute Gasteiger partial charge is 0.356 e. The molecule has 0 unspecified atom stereocenters. The average Bonchev–Trinajstić information content (AvgIpc) is 1.99. The molecule has 70 valence electrons. The van der Waals surface area contributed by atoms with Crippen LogP contribution < -0.4 is 0 Å². The second kappa shape index (κ2) is 4.06. The van der Waals surface area contributed by atoms with Crippen molar-refractivity contribution >= 4 is 12.4 Å². The summed E-state index contributed by atoms with van der Waals surface area (Å²) in [6.07, 6.45) is 0. The van der Waals surface area contributed by atoms with Crippen LogP contribution >= 0.6 is 0 Å². The van der Waals surface area contributed by atoms with Crippen LogP contribution in [-0.2, 0) is 19.2 Å². The van der Waals surface area contributed by atoms with Crippen LogP contribution in [0.3, 0.4) is 0 Å². The first-order valence-corrected chi connectivity index (χ1v) is 3.42. The average molecular weight is 175 g/mol. The van der Waals surface area contributed by atoms with Gasteiger partial charge in [0.15, 0.2) is 5.72 Å². The van der Waals surface area contributed by atoms with Gasteiger partial charge in [0.1, 0.15) is 0 Å². The number of hydroxylamine groups is 2. The molecule has 12 heavy (non-hydrogen) atoms. The van der Waals surface area contributed by atoms with Crippen LogP contribution in [0.1, 0.15) is 20.8 Å². The molecule has 0 aromatic carbocycles. The molecule has 0 fully saturated rings. The number of hydrogen-bond donors (Lipinski definition) is 0. The Kier molecular flexibility index (Phi) is 3.69. The predicted molar refractivity (Wildman–Crippen MR) is 40.8 cm³/mol. The molecule has 0 radical (unpaired) electrons. The van der Waals surface area contributed by atoms with Crippen LogP contribution in [0, 0.1) is 0 Å². The number of carbonyl (C=O) groups excluding carboxylic acids is 2. The monoisotopic (exact) mass is 175 g/mol. The topological polar surface area (TPSA) is 55.8 Å². The Morgan fingerprint density at radius 1 is 1.50 bits per heavy atom. The van der Waals surface area contributed by atoms with Gasteiger partial charge in [-0.3, -0.25) is 9.59 Å². The minimum atomic E-state index is -0.938. The van der Waals surface area contributed by atoms with E-state index < -0.39 is 11.6 Å². The van der Waals surface area contributed by atoms with E-state index >= 15 is 0 Å². The molecule has 0 N–H and O–H groups in total. The van der Waals surface area contributed by atoms with Crippen molar-refractivity contribution in [3.63, 3.8) is 0 Å². The van der Waals surface area contributed by atoms with Crippen LogP contribution in [0.5, 0.6) is 0 Å². The SMILES string of the molecule is COC(C)(C)N(OC=O)C(C)=O. The van der Waals surface area contributed by atoms with Gasteiger partial charge in [0.2, 0.25) is 0 Å². The Bertz CT molecular complexity index is 178. The molecule has 0 rings (SSSR count). The Hall–Kier alpha value is -1.10. The van der Waals surface area contributed by atoms with Crippen molar-refractivity contribution in [2.75, 3.05) is 7.11 Å². The first-order chi connectivity index (χ1) is 5.45. The number of amides is 1. The van der Waals surface area contributed by atoms with Crippen molar-refractivity contribution in [1.82, 2.24) is 5.06 Å². The van der Waals surface area contributed by atoms with E-state index in [4.69, 9.17) is 4.74 Å². The first-order valence-electron chi connectivity index (χ1n) is 3.42. The highest BCUT2D eigenvalue weighted by molar-refractivity contribution is 5.73. The number of methoxy groups -OCH3 is 1. The molecule has 0 aromatic rings. The van der Waals surface area contributed by atoms with Gasteiger partial charge in [-0.2, -0.15) is 0 Å². The van der Waals surface area contributed by atoms with Gasteiger partial charge in [-0.05, 0) is 13.8 Å². The molecule has 0 spiro atoms. The van der Waals surface area contributed by atoms with Crippen LogP contribution in [0.15, 0.2) is 0 Å². The molecule has 0 heterocycles. The zero-order chi connectivity index (χ0) is 9.78. The van der Waals surface area contributed by atoms with Gasteiger partial charge in [0.25, 0.3) is 5.91 Å². The van der Waals surface area contributed by atoms with Gasteiger partial charge in [0, 0.05) is 14.0 Å². The minimum absolute atomic E-state index is 0.183. The number of ether oxygens (including phenoxy) is 1. The Morgan fingerprint density at radius 3 is 2.25 bits per heavy atom. The molecular weight excluding hydrogens is 162 g/mol. The molecular formula is C7H13NO4. The van der Waals surface area contributed by atoms with Crippen molar-refractivity contribution in [2.45, 2.75) is 26.5 Å². The summed E-state index contributed by atoms with van der Waals surface area (Å²) in [4.78, 5) is 25.3. The summed E-state index contributed by atoms with van der Waals surface area (Å²) in [6, 6.07) is 0. The fourth-order valence-corrected chi connectivity index (χ4v) is 0.706.